The number of hydrogen-bond donors (Lipinski definition) is 1. The molecular formula is C37H65NO8. The van der Waals surface area contributed by atoms with E-state index >= 15 is 0 Å². The Morgan fingerprint density at radius 2 is 1.28 bits per heavy atom. The minimum Gasteiger partial charge on any atom is -0.379 e. The van der Waals surface area contributed by atoms with Crippen LogP contribution in [0.5, 0.6) is 0 Å². The average molecular weight is 652 g/mol. The van der Waals surface area contributed by atoms with Crippen molar-refractivity contribution in [3.63, 3.8) is 0 Å². The molecule has 2 heterocycles. The van der Waals surface area contributed by atoms with Gasteiger partial charge in [-0.1, -0.05) is 83.2 Å². The summed E-state index contributed by atoms with van der Waals surface area (Å²) in [5, 5.41) is 0. The zero-order chi connectivity index (χ0) is 33.4. The molecule has 0 radical (unpaired) electrons. The molecule has 0 saturated carbocycles. The monoisotopic (exact) mass is 651 g/mol. The highest BCUT2D eigenvalue weighted by Crippen LogP contribution is 2.33. The molecular weight excluding hydrogens is 586 g/mol. The maximum Gasteiger partial charge on any atom is 0.186 e. The predicted molar refractivity (Wildman–Crippen MR) is 181 cm³/mol. The fraction of sp³-hybridized carbons (Fsp3) is 0.838. The molecule has 2 saturated heterocycles. The van der Waals surface area contributed by atoms with Crippen molar-refractivity contribution in [1.82, 2.24) is 0 Å². The van der Waals surface area contributed by atoms with Crippen molar-refractivity contribution in [2.75, 3.05) is 39.6 Å². The fourth-order valence-electron chi connectivity index (χ4n) is 5.89. The number of unbranched alkanes of at least 4 members (excludes halogenated alkanes) is 4. The second kappa shape index (κ2) is 21.1. The van der Waals surface area contributed by atoms with Crippen LogP contribution in [-0.2, 0) is 44.3 Å². The zero-order valence-electron chi connectivity index (χ0n) is 29.9. The van der Waals surface area contributed by atoms with Gasteiger partial charge in [0.2, 0.25) is 0 Å². The molecule has 0 amide bonds. The van der Waals surface area contributed by atoms with E-state index < -0.39 is 24.2 Å². The molecule has 0 spiro atoms. The summed E-state index contributed by atoms with van der Waals surface area (Å²) in [7, 11) is 0. The van der Waals surface area contributed by atoms with E-state index in [-0.39, 0.29) is 37.1 Å². The highest BCUT2D eigenvalue weighted by Gasteiger charge is 2.50. The summed E-state index contributed by atoms with van der Waals surface area (Å²) >= 11 is 0. The van der Waals surface area contributed by atoms with Crippen LogP contribution in [0.15, 0.2) is 24.3 Å². The lowest BCUT2D eigenvalue weighted by molar-refractivity contribution is -0.325. The lowest BCUT2D eigenvalue weighted by Gasteiger charge is -2.46. The van der Waals surface area contributed by atoms with Gasteiger partial charge in [0, 0.05) is 32.8 Å². The molecule has 3 rings (SSSR count). The highest BCUT2D eigenvalue weighted by atomic mass is 16.8. The standard InChI is InChI=1S/C37H65NO8/c1-8-12-20-39-26-31-33(40-21-13-9-2)34(41-22-14-10-3)35(42-23-15-11-4)36(44-31)43-25-29(38)32-30(45-37(6,7)46-32)24-28-18-16-27(5)17-19-28/h16-19,29-36H,8-15,20-26,38H2,1-7H3/t29-,30+,31?,32-,33?,34?,35?,36?/m0/s1. The first kappa shape index (κ1) is 39.3. The molecule has 2 fully saturated rings. The normalized spacial score (nSPS) is 28.5. The second-order valence-electron chi connectivity index (χ2n) is 13.4. The van der Waals surface area contributed by atoms with Crippen molar-refractivity contribution >= 4 is 0 Å². The van der Waals surface area contributed by atoms with Gasteiger partial charge >= 0.3 is 0 Å². The largest absolute Gasteiger partial charge is 0.379 e. The SMILES string of the molecule is CCCCOCC1OC(OC[C@H](N)[C@@H]2OC(C)(C)O[C@@H]2Cc2ccc(C)cc2)C(OCCCC)C(OCCCC)C1OCCCC. The van der Waals surface area contributed by atoms with Crippen LogP contribution in [0.2, 0.25) is 0 Å². The first-order valence-electron chi connectivity index (χ1n) is 18.1. The number of nitrogens with two attached hydrogens (primary N) is 1. The highest BCUT2D eigenvalue weighted by molar-refractivity contribution is 5.22. The molecule has 0 bridgehead atoms. The number of ether oxygens (including phenoxy) is 8. The third kappa shape index (κ3) is 12.7. The van der Waals surface area contributed by atoms with E-state index in [0.717, 1.165) is 51.4 Å². The third-order valence-electron chi connectivity index (χ3n) is 8.59. The summed E-state index contributed by atoms with van der Waals surface area (Å²) in [6, 6.07) is 8.06. The summed E-state index contributed by atoms with van der Waals surface area (Å²) in [6.07, 6.45) is 5.89. The molecule has 46 heavy (non-hydrogen) atoms. The average Bonchev–Trinajstić information content (AvgIpc) is 3.34. The topological polar surface area (TPSA) is 99.9 Å². The molecule has 5 unspecified atom stereocenters. The molecule has 2 N–H and O–H groups in total. The molecule has 8 atom stereocenters. The maximum atomic E-state index is 6.83. The van der Waals surface area contributed by atoms with Crippen LogP contribution in [0.3, 0.4) is 0 Å². The number of aryl methyl sites for hydroxylation is 1. The van der Waals surface area contributed by atoms with Crippen molar-refractivity contribution in [2.45, 2.75) is 161 Å². The van der Waals surface area contributed by atoms with Crippen molar-refractivity contribution < 1.29 is 37.9 Å². The van der Waals surface area contributed by atoms with E-state index in [1.807, 2.05) is 13.8 Å². The molecule has 2 aliphatic heterocycles. The number of benzene rings is 1. The van der Waals surface area contributed by atoms with E-state index in [4.69, 9.17) is 43.6 Å². The lowest BCUT2D eigenvalue weighted by atomic mass is 9.97. The molecule has 9 heteroatoms. The van der Waals surface area contributed by atoms with Gasteiger partial charge in [0.1, 0.15) is 30.5 Å². The maximum absolute atomic E-state index is 6.83. The Kier molecular flexibility index (Phi) is 18.0. The number of rotatable bonds is 23. The molecule has 0 aromatic heterocycles. The minimum absolute atomic E-state index is 0.207. The van der Waals surface area contributed by atoms with Crippen molar-refractivity contribution in [3.05, 3.63) is 35.4 Å². The van der Waals surface area contributed by atoms with Crippen LogP contribution in [-0.4, -0.2) is 94.4 Å². The van der Waals surface area contributed by atoms with E-state index in [9.17, 15) is 0 Å². The van der Waals surface area contributed by atoms with Crippen LogP contribution in [0, 0.1) is 6.92 Å². The van der Waals surface area contributed by atoms with Gasteiger partial charge in [-0.05, 0) is 52.0 Å². The minimum atomic E-state index is -0.743. The van der Waals surface area contributed by atoms with Crippen molar-refractivity contribution in [1.29, 1.82) is 0 Å². The molecule has 1 aromatic carbocycles. The Balaban J connectivity index is 1.80. The smallest absolute Gasteiger partial charge is 0.186 e. The Bertz CT molecular complexity index is 930. The quantitative estimate of drug-likeness (QED) is 0.133. The van der Waals surface area contributed by atoms with Gasteiger partial charge < -0.3 is 43.6 Å². The fourth-order valence-corrected chi connectivity index (χ4v) is 5.89. The van der Waals surface area contributed by atoms with Crippen LogP contribution >= 0.6 is 0 Å². The zero-order valence-corrected chi connectivity index (χ0v) is 29.9. The van der Waals surface area contributed by atoms with Crippen LogP contribution in [0.4, 0.5) is 0 Å². The van der Waals surface area contributed by atoms with Gasteiger partial charge in [0.05, 0.1) is 25.4 Å². The van der Waals surface area contributed by atoms with Gasteiger partial charge in [0.25, 0.3) is 0 Å². The summed E-state index contributed by atoms with van der Waals surface area (Å²) < 4.78 is 51.6. The Morgan fingerprint density at radius 1 is 0.717 bits per heavy atom. The van der Waals surface area contributed by atoms with E-state index in [2.05, 4.69) is 58.9 Å². The summed E-state index contributed by atoms with van der Waals surface area (Å²) in [4.78, 5) is 0. The first-order chi connectivity index (χ1) is 22.2. The van der Waals surface area contributed by atoms with Gasteiger partial charge in [-0.3, -0.25) is 0 Å². The molecule has 0 aliphatic carbocycles. The van der Waals surface area contributed by atoms with Gasteiger partial charge in [0.15, 0.2) is 12.1 Å². The lowest BCUT2D eigenvalue weighted by Crippen LogP contribution is -2.62. The Morgan fingerprint density at radius 3 is 1.89 bits per heavy atom. The first-order valence-corrected chi connectivity index (χ1v) is 18.1. The van der Waals surface area contributed by atoms with Gasteiger partial charge in [-0.25, -0.2) is 0 Å². The molecule has 9 nitrogen and oxygen atoms in total. The summed E-state index contributed by atoms with van der Waals surface area (Å²) in [6.45, 7) is 17.7. The van der Waals surface area contributed by atoms with Crippen LogP contribution in [0.25, 0.3) is 0 Å². The van der Waals surface area contributed by atoms with Gasteiger partial charge in [-0.15, -0.1) is 0 Å². The molecule has 2 aliphatic rings. The van der Waals surface area contributed by atoms with Crippen molar-refractivity contribution in [2.24, 2.45) is 5.73 Å². The summed E-state index contributed by atoms with van der Waals surface area (Å²) in [5.41, 5.74) is 9.24. The van der Waals surface area contributed by atoms with E-state index in [1.165, 1.54) is 11.1 Å². The van der Waals surface area contributed by atoms with E-state index in [1.54, 1.807) is 0 Å². The third-order valence-corrected chi connectivity index (χ3v) is 8.59. The Hall–Kier alpha value is -1.14. The van der Waals surface area contributed by atoms with E-state index in [0.29, 0.717) is 39.5 Å². The summed E-state index contributed by atoms with van der Waals surface area (Å²) in [5.74, 6) is -0.743. The predicted octanol–water partition coefficient (Wildman–Crippen LogP) is 6.50. The Labute approximate surface area is 279 Å². The van der Waals surface area contributed by atoms with Crippen LogP contribution in [0.1, 0.15) is 104 Å². The molecule has 1 aromatic rings. The molecule has 266 valence electrons. The van der Waals surface area contributed by atoms with Gasteiger partial charge in [-0.2, -0.15) is 0 Å². The van der Waals surface area contributed by atoms with Crippen molar-refractivity contribution in [3.8, 4) is 0 Å². The number of hydrogen-bond acceptors (Lipinski definition) is 9. The second-order valence-corrected chi connectivity index (χ2v) is 13.4. The van der Waals surface area contributed by atoms with Crippen LogP contribution < -0.4 is 5.73 Å².